The predicted octanol–water partition coefficient (Wildman–Crippen LogP) is -0.849. The molecular formula is C2H5N3. The number of hydrazine groups is 2. The molecule has 0 aromatic carbocycles. The van der Waals surface area contributed by atoms with Crippen molar-refractivity contribution in [3.05, 3.63) is 12.4 Å². The molecule has 0 unspecified atom stereocenters. The summed E-state index contributed by atoms with van der Waals surface area (Å²) in [6, 6.07) is 0. The van der Waals surface area contributed by atoms with Gasteiger partial charge >= 0.3 is 0 Å². The minimum Gasteiger partial charge on any atom is -0.265 e. The number of nitrogens with two attached hydrogens (primary N) is 1. The van der Waals surface area contributed by atoms with Gasteiger partial charge in [-0.15, -0.1) is 0 Å². The van der Waals surface area contributed by atoms with Gasteiger partial charge in [0.15, 0.2) is 5.82 Å². The van der Waals surface area contributed by atoms with Gasteiger partial charge in [-0.05, 0) is 0 Å². The van der Waals surface area contributed by atoms with Crippen LogP contribution in [0.2, 0.25) is 0 Å². The van der Waals surface area contributed by atoms with Crippen LogP contribution in [0.1, 0.15) is 0 Å². The second-order valence-corrected chi connectivity index (χ2v) is 0.928. The van der Waals surface area contributed by atoms with E-state index in [4.69, 9.17) is 5.84 Å². The first-order chi connectivity index (χ1) is 2.30. The van der Waals surface area contributed by atoms with Crippen molar-refractivity contribution >= 4 is 0 Å². The van der Waals surface area contributed by atoms with Crippen LogP contribution in [-0.2, 0) is 0 Å². The van der Waals surface area contributed by atoms with Crippen LogP contribution in [0, 0.1) is 0 Å². The molecule has 3 heteroatoms. The summed E-state index contributed by atoms with van der Waals surface area (Å²) in [7, 11) is 0. The van der Waals surface area contributed by atoms with Crippen LogP contribution in [0.15, 0.2) is 12.4 Å². The van der Waals surface area contributed by atoms with Crippen molar-refractivity contribution in [2.75, 3.05) is 0 Å². The molecule has 28 valence electrons. The van der Waals surface area contributed by atoms with Gasteiger partial charge in [0.25, 0.3) is 0 Å². The molecule has 1 aliphatic heterocycles. The Hall–Kier alpha value is -0.700. The summed E-state index contributed by atoms with van der Waals surface area (Å²) in [4.78, 5) is 0. The highest BCUT2D eigenvalue weighted by molar-refractivity contribution is 4.98. The zero-order valence-corrected chi connectivity index (χ0v) is 2.73. The first-order valence-corrected chi connectivity index (χ1v) is 1.31. The Morgan fingerprint density at radius 2 is 2.20 bits per heavy atom. The summed E-state index contributed by atoms with van der Waals surface area (Å²) >= 11 is 0. The monoisotopic (exact) mass is 71.0 g/mol. The van der Waals surface area contributed by atoms with E-state index in [1.54, 1.807) is 0 Å². The van der Waals surface area contributed by atoms with Gasteiger partial charge in [-0.25, -0.2) is 11.0 Å². The summed E-state index contributed by atoms with van der Waals surface area (Å²) in [6.45, 7) is 3.44. The van der Waals surface area contributed by atoms with E-state index >= 15 is 0 Å². The fourth-order valence-electron chi connectivity index (χ4n) is 0.114. The molecule has 5 heavy (non-hydrogen) atoms. The van der Waals surface area contributed by atoms with E-state index in [9.17, 15) is 0 Å². The van der Waals surface area contributed by atoms with Crippen molar-refractivity contribution in [1.82, 2.24) is 10.5 Å². The fraction of sp³-hybridized carbons (Fsp3) is 0. The van der Waals surface area contributed by atoms with E-state index in [-0.39, 0.29) is 0 Å². The van der Waals surface area contributed by atoms with Gasteiger partial charge in [0.05, 0.1) is 0 Å². The Morgan fingerprint density at radius 1 is 2.00 bits per heavy atom. The predicted molar refractivity (Wildman–Crippen MR) is 18.3 cm³/mol. The van der Waals surface area contributed by atoms with Crippen LogP contribution in [0.5, 0.6) is 0 Å². The minimum absolute atomic E-state index is 0.782. The molecule has 0 amide bonds. The summed E-state index contributed by atoms with van der Waals surface area (Å²) < 4.78 is 0. The zero-order valence-electron chi connectivity index (χ0n) is 2.73. The number of hydrogen-bond donors (Lipinski definition) is 2. The highest BCUT2D eigenvalue weighted by Crippen LogP contribution is 1.98. The Labute approximate surface area is 30.0 Å². The van der Waals surface area contributed by atoms with Crippen molar-refractivity contribution in [3.63, 3.8) is 0 Å². The largest absolute Gasteiger partial charge is 0.265 e. The van der Waals surface area contributed by atoms with E-state index in [0.29, 0.717) is 0 Å². The topological polar surface area (TPSA) is 51.0 Å². The minimum atomic E-state index is 0.782. The standard InChI is InChI=1S/C2H5N3/c1-2-4-5(2)3/h4H,1,3H2. The molecule has 1 aliphatic rings. The van der Waals surface area contributed by atoms with Crippen LogP contribution in [0.3, 0.4) is 0 Å². The molecule has 0 spiro atoms. The Kier molecular flexibility index (Phi) is 0.223. The lowest BCUT2D eigenvalue weighted by Crippen LogP contribution is -2.07. The van der Waals surface area contributed by atoms with Gasteiger partial charge < -0.3 is 0 Å². The van der Waals surface area contributed by atoms with Crippen LogP contribution >= 0.6 is 0 Å². The maximum atomic E-state index is 4.99. The third kappa shape index (κ3) is 0.199. The van der Waals surface area contributed by atoms with E-state index in [2.05, 4.69) is 12.0 Å². The molecule has 0 saturated carbocycles. The van der Waals surface area contributed by atoms with Crippen molar-refractivity contribution < 1.29 is 0 Å². The lowest BCUT2D eigenvalue weighted by atomic mass is 11.0. The van der Waals surface area contributed by atoms with Crippen LogP contribution in [-0.4, -0.2) is 5.12 Å². The molecule has 0 radical (unpaired) electrons. The van der Waals surface area contributed by atoms with Gasteiger partial charge in [-0.2, -0.15) is 0 Å². The quantitative estimate of drug-likeness (QED) is 0.289. The molecule has 1 saturated heterocycles. The highest BCUT2D eigenvalue weighted by atomic mass is 15.8. The molecular weight excluding hydrogens is 66.0 g/mol. The Morgan fingerprint density at radius 3 is 2.20 bits per heavy atom. The number of hydrogen-bond acceptors (Lipinski definition) is 3. The molecule has 1 heterocycles. The summed E-state index contributed by atoms with van der Waals surface area (Å²) in [5.74, 6) is 5.77. The number of nitrogens with zero attached hydrogens (tertiary/aromatic N) is 1. The molecule has 0 aromatic heterocycles. The van der Waals surface area contributed by atoms with E-state index in [1.165, 1.54) is 5.12 Å². The van der Waals surface area contributed by atoms with Crippen molar-refractivity contribution in [2.24, 2.45) is 5.84 Å². The van der Waals surface area contributed by atoms with Crippen molar-refractivity contribution in [2.45, 2.75) is 0 Å². The van der Waals surface area contributed by atoms with Gasteiger partial charge in [-0.3, -0.25) is 5.43 Å². The lowest BCUT2D eigenvalue weighted by Gasteiger charge is -1.69. The first kappa shape index (κ1) is 2.53. The van der Waals surface area contributed by atoms with Gasteiger partial charge in [-0.1, -0.05) is 6.58 Å². The van der Waals surface area contributed by atoms with Crippen LogP contribution < -0.4 is 11.3 Å². The molecule has 3 nitrogen and oxygen atoms in total. The van der Waals surface area contributed by atoms with Crippen LogP contribution in [0.25, 0.3) is 0 Å². The molecule has 0 atom stereocenters. The second kappa shape index (κ2) is 0.440. The molecule has 0 aliphatic carbocycles. The first-order valence-electron chi connectivity index (χ1n) is 1.31. The molecule has 0 bridgehead atoms. The van der Waals surface area contributed by atoms with E-state index in [0.717, 1.165) is 5.82 Å². The summed E-state index contributed by atoms with van der Waals surface area (Å²) in [5, 5.41) is 1.35. The average molecular weight is 71.1 g/mol. The highest BCUT2D eigenvalue weighted by Gasteiger charge is 2.14. The molecule has 1 fully saturated rings. The second-order valence-electron chi connectivity index (χ2n) is 0.928. The van der Waals surface area contributed by atoms with Gasteiger partial charge in [0.1, 0.15) is 0 Å². The molecule has 1 rings (SSSR count). The van der Waals surface area contributed by atoms with E-state index in [1.807, 2.05) is 0 Å². The Bertz CT molecular complexity index is 67.3. The van der Waals surface area contributed by atoms with Gasteiger partial charge in [0.2, 0.25) is 0 Å². The van der Waals surface area contributed by atoms with Crippen LogP contribution in [0.4, 0.5) is 0 Å². The Balaban J connectivity index is 2.47. The van der Waals surface area contributed by atoms with E-state index < -0.39 is 0 Å². The molecule has 0 aromatic rings. The number of nitrogens with one attached hydrogen (secondary N) is 1. The van der Waals surface area contributed by atoms with Crippen molar-refractivity contribution in [3.8, 4) is 0 Å². The smallest absolute Gasteiger partial charge is 0.150 e. The molecule has 3 N–H and O–H groups in total. The zero-order chi connectivity index (χ0) is 3.86. The third-order valence-corrected chi connectivity index (χ3v) is 0.490. The summed E-state index contributed by atoms with van der Waals surface area (Å²) in [6.07, 6.45) is 0. The normalized spacial score (nSPS) is 18.6. The maximum Gasteiger partial charge on any atom is 0.150 e. The lowest BCUT2D eigenvalue weighted by molar-refractivity contribution is 0.563. The maximum absolute atomic E-state index is 4.99. The number of rotatable bonds is 0. The summed E-state index contributed by atoms with van der Waals surface area (Å²) in [5.41, 5.74) is 2.61. The van der Waals surface area contributed by atoms with Crippen molar-refractivity contribution in [1.29, 1.82) is 0 Å². The third-order valence-electron chi connectivity index (χ3n) is 0.490. The fourth-order valence-corrected chi connectivity index (χ4v) is 0.114. The SMILES string of the molecule is C=C1NN1N. The van der Waals surface area contributed by atoms with Gasteiger partial charge in [0, 0.05) is 0 Å². The average Bonchev–Trinajstić information content (AvgIpc) is 1.79.